The molecule has 1 amide bonds. The third kappa shape index (κ3) is 4.52. The van der Waals surface area contributed by atoms with Crippen LogP contribution in [0.4, 0.5) is 0 Å². The van der Waals surface area contributed by atoms with Crippen molar-refractivity contribution in [1.29, 1.82) is 0 Å². The fraction of sp³-hybridized carbons (Fsp3) is 0.300. The Bertz CT molecular complexity index is 683. The minimum Gasteiger partial charge on any atom is -0.267 e. The third-order valence-corrected chi connectivity index (χ3v) is 3.85. The molecule has 2 aromatic rings. The summed E-state index contributed by atoms with van der Waals surface area (Å²) in [5.41, 5.74) is 7.62. The van der Waals surface area contributed by atoms with Crippen molar-refractivity contribution >= 4 is 11.6 Å². The minimum absolute atomic E-state index is 0.182. The van der Waals surface area contributed by atoms with Gasteiger partial charge in [-0.25, -0.2) is 5.43 Å². The molecule has 120 valence electrons. The molecule has 0 aliphatic rings. The van der Waals surface area contributed by atoms with Crippen molar-refractivity contribution in [2.24, 2.45) is 5.10 Å². The lowest BCUT2D eigenvalue weighted by Crippen LogP contribution is -2.20. The summed E-state index contributed by atoms with van der Waals surface area (Å²) in [5.74, 6) is 0.275. The van der Waals surface area contributed by atoms with Crippen LogP contribution in [-0.4, -0.2) is 11.6 Å². The highest BCUT2D eigenvalue weighted by atomic mass is 16.2. The third-order valence-electron chi connectivity index (χ3n) is 3.85. The number of aryl methyl sites for hydroxylation is 1. The van der Waals surface area contributed by atoms with Crippen molar-refractivity contribution in [3.05, 3.63) is 70.8 Å². The lowest BCUT2D eigenvalue weighted by atomic mass is 10.0. The first kappa shape index (κ1) is 16.9. The average molecular weight is 308 g/mol. The second-order valence-electron chi connectivity index (χ2n) is 6.00. The largest absolute Gasteiger partial charge is 0.271 e. The van der Waals surface area contributed by atoms with Gasteiger partial charge in [-0.1, -0.05) is 62.7 Å². The van der Waals surface area contributed by atoms with Gasteiger partial charge in [0.25, 0.3) is 5.91 Å². The second kappa shape index (κ2) is 7.73. The maximum atomic E-state index is 12.2. The van der Waals surface area contributed by atoms with Crippen LogP contribution in [0.1, 0.15) is 60.2 Å². The lowest BCUT2D eigenvalue weighted by Gasteiger charge is -2.08. The van der Waals surface area contributed by atoms with Crippen molar-refractivity contribution in [3.63, 3.8) is 0 Å². The molecule has 0 bridgehead atoms. The highest BCUT2D eigenvalue weighted by Crippen LogP contribution is 2.14. The Kier molecular flexibility index (Phi) is 5.69. The number of hydrogen-bond donors (Lipinski definition) is 1. The molecule has 0 aliphatic heterocycles. The molecular weight excluding hydrogens is 284 g/mol. The lowest BCUT2D eigenvalue weighted by molar-refractivity contribution is 0.0955. The maximum absolute atomic E-state index is 12.2. The van der Waals surface area contributed by atoms with Crippen LogP contribution < -0.4 is 5.43 Å². The van der Waals surface area contributed by atoms with Gasteiger partial charge in [-0.3, -0.25) is 4.79 Å². The zero-order valence-electron chi connectivity index (χ0n) is 14.3. The summed E-state index contributed by atoms with van der Waals surface area (Å²) < 4.78 is 0. The first-order chi connectivity index (χ1) is 11.0. The van der Waals surface area contributed by atoms with E-state index in [0.29, 0.717) is 11.5 Å². The summed E-state index contributed by atoms with van der Waals surface area (Å²) in [6.07, 6.45) is 0.760. The van der Waals surface area contributed by atoms with Gasteiger partial charge in [-0.2, -0.15) is 5.10 Å². The number of hydrogen-bond acceptors (Lipinski definition) is 2. The predicted octanol–water partition coefficient (Wildman–Crippen LogP) is 4.66. The number of rotatable bonds is 5. The molecule has 3 nitrogen and oxygen atoms in total. The van der Waals surface area contributed by atoms with Crippen LogP contribution in [0.5, 0.6) is 0 Å². The molecule has 3 heteroatoms. The summed E-state index contributed by atoms with van der Waals surface area (Å²) in [7, 11) is 0. The number of carbonyl (C=O) groups excluding carboxylic acids is 1. The van der Waals surface area contributed by atoms with E-state index in [-0.39, 0.29) is 5.91 Å². The minimum atomic E-state index is -0.182. The van der Waals surface area contributed by atoms with E-state index in [1.54, 1.807) is 0 Å². The summed E-state index contributed by atoms with van der Waals surface area (Å²) in [5, 5.41) is 4.29. The van der Waals surface area contributed by atoms with Crippen molar-refractivity contribution in [2.75, 3.05) is 0 Å². The molecule has 0 saturated carbocycles. The number of carbonyl (C=O) groups is 1. The summed E-state index contributed by atoms with van der Waals surface area (Å²) in [6, 6.07) is 15.8. The van der Waals surface area contributed by atoms with E-state index in [0.717, 1.165) is 17.7 Å². The molecule has 2 rings (SSSR count). The zero-order chi connectivity index (χ0) is 16.8. The van der Waals surface area contributed by atoms with Crippen LogP contribution in [0, 0.1) is 6.92 Å². The Morgan fingerprint density at radius 2 is 1.57 bits per heavy atom. The van der Waals surface area contributed by atoms with Crippen LogP contribution in [0.2, 0.25) is 0 Å². The van der Waals surface area contributed by atoms with E-state index in [9.17, 15) is 4.79 Å². The Balaban J connectivity index is 2.10. The predicted molar refractivity (Wildman–Crippen MR) is 96.0 cm³/mol. The van der Waals surface area contributed by atoms with Gasteiger partial charge in [0.2, 0.25) is 0 Å². The Morgan fingerprint density at radius 3 is 2.09 bits per heavy atom. The SMILES string of the molecule is CCC(=NNC(=O)c1ccc(C(C)C)cc1)c1ccc(C)cc1. The Labute approximate surface area is 138 Å². The van der Waals surface area contributed by atoms with Crippen molar-refractivity contribution in [3.8, 4) is 0 Å². The quantitative estimate of drug-likeness (QED) is 0.633. The van der Waals surface area contributed by atoms with Crippen LogP contribution in [0.15, 0.2) is 53.6 Å². The van der Waals surface area contributed by atoms with Gasteiger partial charge in [0.05, 0.1) is 5.71 Å². The van der Waals surface area contributed by atoms with Crippen LogP contribution in [0.25, 0.3) is 0 Å². The second-order valence-corrected chi connectivity index (χ2v) is 6.00. The van der Waals surface area contributed by atoms with Gasteiger partial charge in [0, 0.05) is 5.56 Å². The topological polar surface area (TPSA) is 41.5 Å². The van der Waals surface area contributed by atoms with Crippen molar-refractivity contribution in [2.45, 2.75) is 40.0 Å². The highest BCUT2D eigenvalue weighted by molar-refractivity contribution is 6.02. The molecule has 0 spiro atoms. The van der Waals surface area contributed by atoms with Gasteiger partial charge < -0.3 is 0 Å². The normalized spacial score (nSPS) is 11.6. The Hall–Kier alpha value is -2.42. The molecule has 0 atom stereocenters. The fourth-order valence-corrected chi connectivity index (χ4v) is 2.30. The van der Waals surface area contributed by atoms with E-state index < -0.39 is 0 Å². The van der Waals surface area contributed by atoms with Gasteiger partial charge in [-0.05, 0) is 42.5 Å². The van der Waals surface area contributed by atoms with E-state index in [2.05, 4.69) is 31.3 Å². The molecule has 0 heterocycles. The maximum Gasteiger partial charge on any atom is 0.271 e. The number of hydrazone groups is 1. The van der Waals surface area contributed by atoms with Crippen molar-refractivity contribution < 1.29 is 4.79 Å². The molecule has 2 aromatic carbocycles. The van der Waals surface area contributed by atoms with E-state index in [4.69, 9.17) is 0 Å². The number of nitrogens with one attached hydrogen (secondary N) is 1. The molecule has 0 aromatic heterocycles. The molecule has 0 unspecified atom stereocenters. The summed E-state index contributed by atoms with van der Waals surface area (Å²) in [6.45, 7) is 8.35. The monoisotopic (exact) mass is 308 g/mol. The van der Waals surface area contributed by atoms with E-state index in [1.165, 1.54) is 11.1 Å². The standard InChI is InChI=1S/C20H24N2O/c1-5-19(17-8-6-15(4)7-9-17)21-22-20(23)18-12-10-16(11-13-18)14(2)3/h6-14H,5H2,1-4H3,(H,22,23). The Morgan fingerprint density at radius 1 is 1.00 bits per heavy atom. The first-order valence-corrected chi connectivity index (χ1v) is 8.05. The zero-order valence-corrected chi connectivity index (χ0v) is 14.3. The first-order valence-electron chi connectivity index (χ1n) is 8.05. The average Bonchev–Trinajstić information content (AvgIpc) is 2.56. The van der Waals surface area contributed by atoms with E-state index >= 15 is 0 Å². The molecule has 0 fully saturated rings. The summed E-state index contributed by atoms with van der Waals surface area (Å²) >= 11 is 0. The van der Waals surface area contributed by atoms with Crippen molar-refractivity contribution in [1.82, 2.24) is 5.43 Å². The highest BCUT2D eigenvalue weighted by Gasteiger charge is 2.07. The smallest absolute Gasteiger partial charge is 0.267 e. The van der Waals surface area contributed by atoms with Gasteiger partial charge >= 0.3 is 0 Å². The number of benzene rings is 2. The number of amides is 1. The molecule has 0 aliphatic carbocycles. The van der Waals surface area contributed by atoms with Gasteiger partial charge in [0.1, 0.15) is 0 Å². The molecule has 0 radical (unpaired) electrons. The number of nitrogens with zero attached hydrogens (tertiary/aromatic N) is 1. The fourth-order valence-electron chi connectivity index (χ4n) is 2.30. The van der Waals surface area contributed by atoms with Crippen LogP contribution in [-0.2, 0) is 0 Å². The molecular formula is C20H24N2O. The molecule has 0 saturated heterocycles. The van der Waals surface area contributed by atoms with Gasteiger partial charge in [0.15, 0.2) is 0 Å². The molecule has 23 heavy (non-hydrogen) atoms. The van der Waals surface area contributed by atoms with Crippen LogP contribution >= 0.6 is 0 Å². The van der Waals surface area contributed by atoms with Gasteiger partial charge in [-0.15, -0.1) is 0 Å². The molecule has 1 N–H and O–H groups in total. The summed E-state index contributed by atoms with van der Waals surface area (Å²) in [4.78, 5) is 12.2. The van der Waals surface area contributed by atoms with Crippen LogP contribution in [0.3, 0.4) is 0 Å². The van der Waals surface area contributed by atoms with E-state index in [1.807, 2.05) is 55.5 Å².